The van der Waals surface area contributed by atoms with Gasteiger partial charge in [-0.1, -0.05) is 19.3 Å². The van der Waals surface area contributed by atoms with E-state index in [0.717, 1.165) is 105 Å². The molecular weight excluding hydrogens is 528 g/mol. The van der Waals surface area contributed by atoms with Crippen molar-refractivity contribution in [2.75, 3.05) is 49.9 Å². The van der Waals surface area contributed by atoms with Gasteiger partial charge in [0.05, 0.1) is 0 Å². The SMILES string of the molecule is Cl.O=C(NCCCCCCCNC(=O)Nc1ccc(C2=NCCCN2)cc1)Nc1ccc(C2=NCCCN2)cc1. The summed E-state index contributed by atoms with van der Waals surface area (Å²) in [7, 11) is 0. The van der Waals surface area contributed by atoms with Crippen LogP contribution in [0.3, 0.4) is 0 Å². The smallest absolute Gasteiger partial charge is 0.319 e. The number of halogens is 1. The van der Waals surface area contributed by atoms with E-state index in [1.165, 1.54) is 0 Å². The lowest BCUT2D eigenvalue weighted by atomic mass is 10.1. The van der Waals surface area contributed by atoms with Crippen molar-refractivity contribution in [3.8, 4) is 0 Å². The third-order valence-electron chi connectivity index (χ3n) is 6.55. The maximum Gasteiger partial charge on any atom is 0.319 e. The zero-order valence-corrected chi connectivity index (χ0v) is 23.7. The van der Waals surface area contributed by atoms with Gasteiger partial charge in [-0.05, 0) is 74.2 Å². The van der Waals surface area contributed by atoms with Crippen molar-refractivity contribution in [3.05, 3.63) is 59.7 Å². The normalized spacial score (nSPS) is 14.3. The lowest BCUT2D eigenvalue weighted by Gasteiger charge is -2.15. The van der Waals surface area contributed by atoms with Crippen molar-refractivity contribution < 1.29 is 9.59 Å². The first-order chi connectivity index (χ1) is 19.2. The van der Waals surface area contributed by atoms with Crippen LogP contribution >= 0.6 is 12.4 Å². The fraction of sp³-hybridized carbons (Fsp3) is 0.448. The average molecular weight is 569 g/mol. The van der Waals surface area contributed by atoms with Gasteiger partial charge in [-0.15, -0.1) is 12.4 Å². The predicted molar refractivity (Wildman–Crippen MR) is 165 cm³/mol. The molecule has 10 nitrogen and oxygen atoms in total. The number of carbonyl (C=O) groups is 2. The number of benzene rings is 2. The molecular formula is C29H41ClN8O2. The quantitative estimate of drug-likeness (QED) is 0.211. The molecule has 2 aromatic carbocycles. The third kappa shape index (κ3) is 10.4. The van der Waals surface area contributed by atoms with Crippen LogP contribution in [0, 0.1) is 0 Å². The van der Waals surface area contributed by atoms with E-state index in [-0.39, 0.29) is 24.5 Å². The van der Waals surface area contributed by atoms with E-state index < -0.39 is 0 Å². The van der Waals surface area contributed by atoms with Gasteiger partial charge >= 0.3 is 12.1 Å². The van der Waals surface area contributed by atoms with Gasteiger partial charge in [-0.25, -0.2) is 9.59 Å². The van der Waals surface area contributed by atoms with Gasteiger partial charge in [-0.2, -0.15) is 0 Å². The maximum absolute atomic E-state index is 12.1. The standard InChI is InChI=1S/C29H40N8O2.ClH/c38-28(36-24-12-8-22(9-13-24)26-30-18-6-19-31-26)34-16-4-2-1-3-5-17-35-29(39)37-25-14-10-23(11-15-25)27-32-20-7-21-33-27;/h8-15H,1-7,16-21H2,(H,30,31)(H,32,33)(H2,34,36,38)(H2,35,37,39);1H. The summed E-state index contributed by atoms with van der Waals surface area (Å²) >= 11 is 0. The molecule has 0 bridgehead atoms. The Labute approximate surface area is 242 Å². The van der Waals surface area contributed by atoms with E-state index in [1.54, 1.807) is 0 Å². The number of nitrogens with zero attached hydrogens (tertiary/aromatic N) is 2. The Bertz CT molecular complexity index is 1050. The summed E-state index contributed by atoms with van der Waals surface area (Å²) in [6.45, 7) is 4.86. The molecule has 0 saturated carbocycles. The van der Waals surface area contributed by atoms with Crippen LogP contribution in [0.5, 0.6) is 0 Å². The molecule has 11 heteroatoms. The molecule has 0 atom stereocenters. The summed E-state index contributed by atoms with van der Waals surface area (Å²) in [4.78, 5) is 33.3. The first-order valence-electron chi connectivity index (χ1n) is 14.0. The summed E-state index contributed by atoms with van der Waals surface area (Å²) in [5.41, 5.74) is 3.58. The molecule has 0 aliphatic carbocycles. The Morgan fingerprint density at radius 3 is 1.40 bits per heavy atom. The number of carbonyl (C=O) groups excluding carboxylic acids is 2. The van der Waals surface area contributed by atoms with Crippen molar-refractivity contribution in [1.29, 1.82) is 0 Å². The molecule has 0 spiro atoms. The Hall–Kier alpha value is -3.79. The average Bonchev–Trinajstić information content (AvgIpc) is 2.98. The summed E-state index contributed by atoms with van der Waals surface area (Å²) < 4.78 is 0. The van der Waals surface area contributed by atoms with Crippen molar-refractivity contribution >= 4 is 47.5 Å². The minimum atomic E-state index is -0.194. The second-order valence-corrected chi connectivity index (χ2v) is 9.71. The lowest BCUT2D eigenvalue weighted by molar-refractivity contribution is 0.251. The van der Waals surface area contributed by atoms with Crippen LogP contribution < -0.4 is 31.9 Å². The van der Waals surface area contributed by atoms with Crippen molar-refractivity contribution in [2.45, 2.75) is 44.9 Å². The predicted octanol–water partition coefficient (Wildman–Crippen LogP) is 4.48. The molecule has 4 amide bonds. The Balaban J connectivity index is 0.00000441. The monoisotopic (exact) mass is 568 g/mol. The number of rotatable bonds is 12. The molecule has 4 rings (SSSR count). The highest BCUT2D eigenvalue weighted by Crippen LogP contribution is 2.12. The number of urea groups is 2. The Kier molecular flexibility index (Phi) is 13.1. The van der Waals surface area contributed by atoms with Crippen molar-refractivity contribution in [2.24, 2.45) is 9.98 Å². The molecule has 0 saturated heterocycles. The van der Waals surface area contributed by atoms with Crippen LogP contribution in [0.15, 0.2) is 58.5 Å². The molecule has 2 heterocycles. The molecule has 2 aliphatic heterocycles. The number of anilines is 2. The summed E-state index contributed by atoms with van der Waals surface area (Å²) in [5.74, 6) is 1.84. The highest BCUT2D eigenvalue weighted by Gasteiger charge is 2.09. The van der Waals surface area contributed by atoms with Crippen LogP contribution in [0.25, 0.3) is 0 Å². The van der Waals surface area contributed by atoms with Crippen LogP contribution in [0.1, 0.15) is 56.1 Å². The van der Waals surface area contributed by atoms with Gasteiger partial charge in [0, 0.05) is 61.8 Å². The number of amidine groups is 2. The first-order valence-corrected chi connectivity index (χ1v) is 14.0. The topological polar surface area (TPSA) is 131 Å². The van der Waals surface area contributed by atoms with E-state index >= 15 is 0 Å². The number of nitrogens with one attached hydrogen (secondary N) is 6. The second-order valence-electron chi connectivity index (χ2n) is 9.71. The van der Waals surface area contributed by atoms with Crippen LogP contribution in [-0.2, 0) is 0 Å². The molecule has 6 N–H and O–H groups in total. The van der Waals surface area contributed by atoms with Gasteiger partial charge in [0.15, 0.2) is 0 Å². The molecule has 2 aromatic rings. The molecule has 216 valence electrons. The van der Waals surface area contributed by atoms with Gasteiger partial charge in [0.2, 0.25) is 0 Å². The third-order valence-corrected chi connectivity index (χ3v) is 6.55. The van der Waals surface area contributed by atoms with E-state index in [0.29, 0.717) is 13.1 Å². The van der Waals surface area contributed by atoms with E-state index in [9.17, 15) is 9.59 Å². The van der Waals surface area contributed by atoms with Crippen LogP contribution in [0.4, 0.5) is 21.0 Å². The first kappa shape index (κ1) is 30.7. The summed E-state index contributed by atoms with van der Waals surface area (Å²) in [6, 6.07) is 15.0. The van der Waals surface area contributed by atoms with E-state index in [4.69, 9.17) is 0 Å². The van der Waals surface area contributed by atoms with Gasteiger partial charge in [0.1, 0.15) is 11.7 Å². The molecule has 0 radical (unpaired) electrons. The van der Waals surface area contributed by atoms with Crippen molar-refractivity contribution in [3.63, 3.8) is 0 Å². The van der Waals surface area contributed by atoms with E-state index in [1.807, 2.05) is 48.5 Å². The number of hydrogen-bond acceptors (Lipinski definition) is 6. The number of amides is 4. The number of hydrogen-bond donors (Lipinski definition) is 6. The highest BCUT2D eigenvalue weighted by atomic mass is 35.5. The molecule has 2 aliphatic rings. The summed E-state index contributed by atoms with van der Waals surface area (Å²) in [6.07, 6.45) is 7.08. The zero-order chi connectivity index (χ0) is 27.1. The molecule has 0 aromatic heterocycles. The maximum atomic E-state index is 12.1. The van der Waals surface area contributed by atoms with Crippen LogP contribution in [0.2, 0.25) is 0 Å². The lowest BCUT2D eigenvalue weighted by Crippen LogP contribution is -2.30. The van der Waals surface area contributed by atoms with E-state index in [2.05, 4.69) is 41.9 Å². The summed E-state index contributed by atoms with van der Waals surface area (Å²) in [5, 5.41) is 18.2. The minimum Gasteiger partial charge on any atom is -0.370 e. The number of aliphatic imine (C=N–C) groups is 2. The molecule has 0 fully saturated rings. The second kappa shape index (κ2) is 17.0. The largest absolute Gasteiger partial charge is 0.370 e. The minimum absolute atomic E-state index is 0. The van der Waals surface area contributed by atoms with Gasteiger partial charge in [0.25, 0.3) is 0 Å². The fourth-order valence-corrected chi connectivity index (χ4v) is 4.41. The van der Waals surface area contributed by atoms with Crippen LogP contribution in [-0.4, -0.2) is 63.0 Å². The Morgan fingerprint density at radius 1 is 0.625 bits per heavy atom. The Morgan fingerprint density at radius 2 is 1.02 bits per heavy atom. The molecule has 0 unspecified atom stereocenters. The van der Waals surface area contributed by atoms with Crippen molar-refractivity contribution in [1.82, 2.24) is 21.3 Å². The molecule has 40 heavy (non-hydrogen) atoms. The zero-order valence-electron chi connectivity index (χ0n) is 22.9. The fourth-order valence-electron chi connectivity index (χ4n) is 4.41. The van der Waals surface area contributed by atoms with Gasteiger partial charge in [-0.3, -0.25) is 9.98 Å². The number of unbranched alkanes of at least 4 members (excludes halogenated alkanes) is 4. The van der Waals surface area contributed by atoms with Gasteiger partial charge < -0.3 is 31.9 Å². The highest BCUT2D eigenvalue weighted by molar-refractivity contribution is 6.00.